The third-order valence-corrected chi connectivity index (χ3v) is 6.33. The van der Waals surface area contributed by atoms with Gasteiger partial charge in [-0.1, -0.05) is 0 Å². The molecule has 3 heterocycles. The highest BCUT2D eigenvalue weighted by Crippen LogP contribution is 2.46. The molecule has 29 heavy (non-hydrogen) atoms. The van der Waals surface area contributed by atoms with Gasteiger partial charge in [-0.05, 0) is 50.5 Å². The summed E-state index contributed by atoms with van der Waals surface area (Å²) in [5.41, 5.74) is 0.688. The number of nitrogens with zero attached hydrogens (tertiary/aromatic N) is 4. The lowest BCUT2D eigenvalue weighted by Crippen LogP contribution is -2.51. The molecule has 3 fully saturated rings. The number of Topliss-reactive ketones (excluding diaryl/α,β-unsaturated/α-hetero) is 1. The summed E-state index contributed by atoms with van der Waals surface area (Å²) in [6.45, 7) is 1.61. The van der Waals surface area contributed by atoms with Gasteiger partial charge >= 0.3 is 0 Å². The maximum absolute atomic E-state index is 14.5. The number of fused-ring (bicyclic) bond motifs is 4. The molecule has 2 bridgehead atoms. The van der Waals surface area contributed by atoms with Gasteiger partial charge in [0.1, 0.15) is 17.3 Å². The standard InChI is InChI=1S/C20H20F2N6O/c1-9(29)15-10-2-4-11(5-3-10)16(15)25-19-14(22)8-24-20(26-19)17-13-6-12(21)7-23-18(13)28-27-17/h6-8,10-11,15-16H,2-5H2,1H3,(H,23,27,28)(H,24,25,26)/t10?,11?,15-,16?/m1/s1. The van der Waals surface area contributed by atoms with Gasteiger partial charge in [0.2, 0.25) is 0 Å². The summed E-state index contributed by atoms with van der Waals surface area (Å²) in [5.74, 6) is -0.256. The van der Waals surface area contributed by atoms with E-state index in [1.54, 1.807) is 6.92 Å². The number of hydrogen-bond donors (Lipinski definition) is 2. The normalized spacial score (nSPS) is 26.0. The van der Waals surface area contributed by atoms with Crippen LogP contribution in [0.3, 0.4) is 0 Å². The number of H-pyrrole nitrogens is 1. The molecule has 0 saturated heterocycles. The molecule has 0 aromatic carbocycles. The number of nitrogens with one attached hydrogen (secondary N) is 2. The molecule has 0 radical (unpaired) electrons. The minimum atomic E-state index is -0.596. The molecule has 2 N–H and O–H groups in total. The summed E-state index contributed by atoms with van der Waals surface area (Å²) in [6.07, 6.45) is 6.30. The fourth-order valence-corrected chi connectivity index (χ4v) is 5.03. The summed E-state index contributed by atoms with van der Waals surface area (Å²) in [6, 6.07) is 1.14. The first-order chi connectivity index (χ1) is 14.0. The van der Waals surface area contributed by atoms with E-state index >= 15 is 0 Å². The van der Waals surface area contributed by atoms with Crippen molar-refractivity contribution in [2.45, 2.75) is 38.6 Å². The van der Waals surface area contributed by atoms with Crippen LogP contribution in [0, 0.1) is 29.4 Å². The molecular formula is C20H20F2N6O. The molecule has 150 valence electrons. The maximum atomic E-state index is 14.5. The van der Waals surface area contributed by atoms with Crippen molar-refractivity contribution in [2.75, 3.05) is 5.32 Å². The monoisotopic (exact) mass is 398 g/mol. The van der Waals surface area contributed by atoms with Crippen LogP contribution in [0.5, 0.6) is 0 Å². The minimum absolute atomic E-state index is 0.0410. The largest absolute Gasteiger partial charge is 0.364 e. The number of carbonyl (C=O) groups is 1. The number of halogens is 2. The van der Waals surface area contributed by atoms with Crippen molar-refractivity contribution in [3.8, 4) is 11.5 Å². The second-order valence-electron chi connectivity index (χ2n) is 7.99. The van der Waals surface area contributed by atoms with Gasteiger partial charge in [-0.25, -0.2) is 23.7 Å². The van der Waals surface area contributed by atoms with E-state index in [4.69, 9.17) is 0 Å². The second-order valence-corrected chi connectivity index (χ2v) is 7.99. The van der Waals surface area contributed by atoms with E-state index in [1.165, 1.54) is 6.07 Å². The van der Waals surface area contributed by atoms with Crippen molar-refractivity contribution >= 4 is 22.6 Å². The lowest BCUT2D eigenvalue weighted by Gasteiger charge is -2.48. The molecule has 3 aromatic rings. The van der Waals surface area contributed by atoms with Crippen molar-refractivity contribution in [3.63, 3.8) is 0 Å². The summed E-state index contributed by atoms with van der Waals surface area (Å²) in [5, 5.41) is 10.4. The summed E-state index contributed by atoms with van der Waals surface area (Å²) in [7, 11) is 0. The zero-order valence-corrected chi connectivity index (χ0v) is 15.8. The zero-order chi connectivity index (χ0) is 20.1. The Balaban J connectivity index is 1.51. The topological polar surface area (TPSA) is 96.5 Å². The molecule has 0 spiro atoms. The lowest BCUT2D eigenvalue weighted by molar-refractivity contribution is -0.126. The number of rotatable bonds is 4. The molecule has 2 atom stereocenters. The van der Waals surface area contributed by atoms with Crippen molar-refractivity contribution in [2.24, 2.45) is 17.8 Å². The van der Waals surface area contributed by atoms with Gasteiger partial charge in [0.25, 0.3) is 0 Å². The van der Waals surface area contributed by atoms with E-state index in [-0.39, 0.29) is 29.4 Å². The predicted octanol–water partition coefficient (Wildman–Crippen LogP) is 3.50. The number of ketones is 1. The highest BCUT2D eigenvalue weighted by atomic mass is 19.1. The van der Waals surface area contributed by atoms with Gasteiger partial charge in [0.15, 0.2) is 23.1 Å². The van der Waals surface area contributed by atoms with Crippen LogP contribution in [0.1, 0.15) is 32.6 Å². The van der Waals surface area contributed by atoms with E-state index in [1.807, 2.05) is 0 Å². The van der Waals surface area contributed by atoms with Crippen LogP contribution >= 0.6 is 0 Å². The third-order valence-electron chi connectivity index (χ3n) is 6.33. The maximum Gasteiger partial charge on any atom is 0.183 e. The van der Waals surface area contributed by atoms with Crippen molar-refractivity contribution in [3.05, 3.63) is 30.1 Å². The van der Waals surface area contributed by atoms with Gasteiger partial charge < -0.3 is 5.32 Å². The summed E-state index contributed by atoms with van der Waals surface area (Å²) in [4.78, 5) is 24.6. The summed E-state index contributed by atoms with van der Waals surface area (Å²) >= 11 is 0. The molecule has 9 heteroatoms. The second kappa shape index (κ2) is 6.82. The van der Waals surface area contributed by atoms with Crippen LogP contribution in [-0.4, -0.2) is 37.0 Å². The van der Waals surface area contributed by atoms with Crippen LogP contribution in [0.2, 0.25) is 0 Å². The van der Waals surface area contributed by atoms with Crippen LogP contribution < -0.4 is 5.32 Å². The van der Waals surface area contributed by atoms with Crippen LogP contribution in [0.4, 0.5) is 14.6 Å². The van der Waals surface area contributed by atoms with E-state index < -0.39 is 11.6 Å². The Hall–Kier alpha value is -2.97. The lowest BCUT2D eigenvalue weighted by atomic mass is 9.60. The SMILES string of the molecule is CC(=O)[C@@H]1C2CCC(CC2)C1Nc1nc(-c2n[nH]c3ncc(F)cc23)ncc1F. The van der Waals surface area contributed by atoms with Gasteiger partial charge in [-0.2, -0.15) is 5.10 Å². The quantitative estimate of drug-likeness (QED) is 0.698. The molecule has 3 aromatic heterocycles. The van der Waals surface area contributed by atoms with Crippen LogP contribution in [0.15, 0.2) is 18.5 Å². The molecule has 0 amide bonds. The Labute approximate surface area is 165 Å². The Morgan fingerprint density at radius 1 is 1.14 bits per heavy atom. The minimum Gasteiger partial charge on any atom is -0.364 e. The average Bonchev–Trinajstić information content (AvgIpc) is 3.13. The fourth-order valence-electron chi connectivity index (χ4n) is 5.03. The van der Waals surface area contributed by atoms with E-state index in [9.17, 15) is 13.6 Å². The Morgan fingerprint density at radius 2 is 1.90 bits per heavy atom. The van der Waals surface area contributed by atoms with Gasteiger partial charge in [-0.3, -0.25) is 9.89 Å². The molecule has 3 saturated carbocycles. The number of anilines is 1. The van der Waals surface area contributed by atoms with E-state index in [0.717, 1.165) is 38.1 Å². The fraction of sp³-hybridized carbons (Fsp3) is 0.450. The molecule has 3 aliphatic rings. The van der Waals surface area contributed by atoms with E-state index in [0.29, 0.717) is 28.6 Å². The van der Waals surface area contributed by atoms with Crippen LogP contribution in [-0.2, 0) is 4.79 Å². The van der Waals surface area contributed by atoms with Gasteiger partial charge in [0, 0.05) is 12.0 Å². The average molecular weight is 398 g/mol. The molecular weight excluding hydrogens is 378 g/mol. The Kier molecular flexibility index (Phi) is 4.25. The van der Waals surface area contributed by atoms with Gasteiger partial charge in [0.05, 0.1) is 17.8 Å². The predicted molar refractivity (Wildman–Crippen MR) is 102 cm³/mol. The molecule has 1 unspecified atom stereocenters. The number of carbonyl (C=O) groups excluding carboxylic acids is 1. The Morgan fingerprint density at radius 3 is 2.66 bits per heavy atom. The highest BCUT2D eigenvalue weighted by molar-refractivity contribution is 5.88. The smallest absolute Gasteiger partial charge is 0.183 e. The zero-order valence-electron chi connectivity index (χ0n) is 15.8. The third kappa shape index (κ3) is 3.04. The number of pyridine rings is 1. The van der Waals surface area contributed by atoms with Crippen molar-refractivity contribution in [1.82, 2.24) is 25.1 Å². The van der Waals surface area contributed by atoms with E-state index in [2.05, 4.69) is 30.5 Å². The summed E-state index contributed by atoms with van der Waals surface area (Å²) < 4.78 is 28.2. The Bertz CT molecular complexity index is 1090. The first kappa shape index (κ1) is 18.1. The van der Waals surface area contributed by atoms with Crippen LogP contribution in [0.25, 0.3) is 22.6 Å². The number of aromatic amines is 1. The molecule has 7 nitrogen and oxygen atoms in total. The molecule has 0 aliphatic heterocycles. The molecule has 3 aliphatic carbocycles. The van der Waals surface area contributed by atoms with Crippen molar-refractivity contribution in [1.29, 1.82) is 0 Å². The van der Waals surface area contributed by atoms with Crippen molar-refractivity contribution < 1.29 is 13.6 Å². The van der Waals surface area contributed by atoms with Gasteiger partial charge in [-0.15, -0.1) is 0 Å². The number of aromatic nitrogens is 5. The highest BCUT2D eigenvalue weighted by Gasteiger charge is 2.46. The first-order valence-electron chi connectivity index (χ1n) is 9.81. The number of hydrogen-bond acceptors (Lipinski definition) is 6. The molecule has 6 rings (SSSR count). The first-order valence-corrected chi connectivity index (χ1v) is 9.81.